The van der Waals surface area contributed by atoms with Crippen LogP contribution >= 0.6 is 0 Å². The molecule has 0 spiro atoms. The molecule has 25 heavy (non-hydrogen) atoms. The highest BCUT2D eigenvalue weighted by Crippen LogP contribution is 2.31. The Morgan fingerprint density at radius 1 is 1.24 bits per heavy atom. The van der Waals surface area contributed by atoms with Crippen LogP contribution in [0.25, 0.3) is 0 Å². The van der Waals surface area contributed by atoms with Crippen molar-refractivity contribution in [3.63, 3.8) is 0 Å². The summed E-state index contributed by atoms with van der Waals surface area (Å²) in [5.74, 6) is -1.27. The SMILES string of the molecule is COc1ccc(C(=O)N(CC(O)c2ccc(F)cc2)C2CC2)cc1F. The number of aliphatic hydroxyl groups is 1. The molecule has 1 aliphatic carbocycles. The molecule has 3 rings (SSSR count). The second-order valence-electron chi connectivity index (χ2n) is 6.11. The number of amides is 1. The van der Waals surface area contributed by atoms with Gasteiger partial charge in [0, 0.05) is 11.6 Å². The molecular formula is C19H19F2NO3. The van der Waals surface area contributed by atoms with Gasteiger partial charge in [0.15, 0.2) is 11.6 Å². The number of rotatable bonds is 6. The van der Waals surface area contributed by atoms with Crippen LogP contribution in [-0.4, -0.2) is 35.6 Å². The molecule has 6 heteroatoms. The summed E-state index contributed by atoms with van der Waals surface area (Å²) >= 11 is 0. The highest BCUT2D eigenvalue weighted by Gasteiger charge is 2.34. The number of halogens is 2. The summed E-state index contributed by atoms with van der Waals surface area (Å²) in [7, 11) is 1.36. The van der Waals surface area contributed by atoms with Crippen molar-refractivity contribution in [3.05, 3.63) is 65.2 Å². The molecule has 2 aromatic carbocycles. The van der Waals surface area contributed by atoms with Gasteiger partial charge in [0.25, 0.3) is 5.91 Å². The van der Waals surface area contributed by atoms with E-state index in [1.807, 2.05) is 0 Å². The molecule has 4 nitrogen and oxygen atoms in total. The van der Waals surface area contributed by atoms with Crippen molar-refractivity contribution >= 4 is 5.91 Å². The van der Waals surface area contributed by atoms with Crippen LogP contribution in [0.4, 0.5) is 8.78 Å². The van der Waals surface area contributed by atoms with E-state index in [-0.39, 0.29) is 35.6 Å². The Bertz CT molecular complexity index is 760. The molecule has 1 fully saturated rings. The third kappa shape index (κ3) is 3.96. The summed E-state index contributed by atoms with van der Waals surface area (Å²) in [5, 5.41) is 10.4. The minimum atomic E-state index is -0.937. The van der Waals surface area contributed by atoms with Crippen LogP contribution in [0.3, 0.4) is 0 Å². The van der Waals surface area contributed by atoms with E-state index in [0.29, 0.717) is 5.56 Å². The first-order valence-corrected chi connectivity index (χ1v) is 8.07. The van der Waals surface area contributed by atoms with Gasteiger partial charge in [-0.3, -0.25) is 4.79 Å². The molecule has 1 saturated carbocycles. The number of methoxy groups -OCH3 is 1. The predicted octanol–water partition coefficient (Wildman–Crippen LogP) is 3.31. The lowest BCUT2D eigenvalue weighted by molar-refractivity contribution is 0.0602. The average molecular weight is 347 g/mol. The average Bonchev–Trinajstić information content (AvgIpc) is 3.44. The summed E-state index contributed by atoms with van der Waals surface area (Å²) in [5.41, 5.74) is 0.734. The van der Waals surface area contributed by atoms with E-state index in [4.69, 9.17) is 4.74 Å². The maximum atomic E-state index is 13.9. The van der Waals surface area contributed by atoms with Crippen molar-refractivity contribution in [3.8, 4) is 5.75 Å². The zero-order valence-corrected chi connectivity index (χ0v) is 13.8. The fourth-order valence-corrected chi connectivity index (χ4v) is 2.73. The van der Waals surface area contributed by atoms with Crippen molar-refractivity contribution in [2.24, 2.45) is 0 Å². The molecule has 1 amide bonds. The van der Waals surface area contributed by atoms with Gasteiger partial charge < -0.3 is 14.7 Å². The van der Waals surface area contributed by atoms with Crippen molar-refractivity contribution < 1.29 is 23.4 Å². The minimum absolute atomic E-state index is 0.0350. The van der Waals surface area contributed by atoms with Gasteiger partial charge in [-0.2, -0.15) is 0 Å². The second kappa shape index (κ2) is 7.19. The summed E-state index contributed by atoms with van der Waals surface area (Å²) in [6, 6.07) is 9.59. The van der Waals surface area contributed by atoms with E-state index < -0.39 is 11.9 Å². The Hall–Kier alpha value is -2.47. The Kier molecular flexibility index (Phi) is 4.99. The predicted molar refractivity (Wildman–Crippen MR) is 88.4 cm³/mol. The molecule has 132 valence electrons. The van der Waals surface area contributed by atoms with Gasteiger partial charge in [0.1, 0.15) is 5.82 Å². The smallest absolute Gasteiger partial charge is 0.254 e. The standard InChI is InChI=1S/C19H19F2NO3/c1-25-18-9-4-13(10-16(18)21)19(24)22(15-7-8-15)11-17(23)12-2-5-14(20)6-3-12/h2-6,9-10,15,17,23H,7-8,11H2,1H3. The Morgan fingerprint density at radius 2 is 1.92 bits per heavy atom. The lowest BCUT2D eigenvalue weighted by Gasteiger charge is -2.25. The normalized spacial score (nSPS) is 14.9. The number of hydrogen-bond acceptors (Lipinski definition) is 3. The van der Waals surface area contributed by atoms with Crippen LogP contribution in [0, 0.1) is 11.6 Å². The summed E-state index contributed by atoms with van der Waals surface area (Å²) in [6.07, 6.45) is 0.759. The van der Waals surface area contributed by atoms with E-state index in [9.17, 15) is 18.7 Å². The van der Waals surface area contributed by atoms with Crippen LogP contribution in [0.1, 0.15) is 34.9 Å². The minimum Gasteiger partial charge on any atom is -0.494 e. The van der Waals surface area contributed by atoms with Gasteiger partial charge in [0.05, 0.1) is 19.8 Å². The number of benzene rings is 2. The molecular weight excluding hydrogens is 328 g/mol. The second-order valence-corrected chi connectivity index (χ2v) is 6.11. The van der Waals surface area contributed by atoms with Crippen molar-refractivity contribution in [2.75, 3.05) is 13.7 Å². The number of aliphatic hydroxyl groups excluding tert-OH is 1. The number of ether oxygens (including phenoxy) is 1. The molecule has 0 saturated heterocycles. The molecule has 0 aliphatic heterocycles. The first kappa shape index (κ1) is 17.4. The van der Waals surface area contributed by atoms with Crippen molar-refractivity contribution in [1.82, 2.24) is 4.90 Å². The van der Waals surface area contributed by atoms with Crippen LogP contribution in [0.5, 0.6) is 5.75 Å². The molecule has 0 radical (unpaired) electrons. The largest absolute Gasteiger partial charge is 0.494 e. The van der Waals surface area contributed by atoms with Crippen molar-refractivity contribution in [1.29, 1.82) is 0 Å². The van der Waals surface area contributed by atoms with Crippen LogP contribution in [0.15, 0.2) is 42.5 Å². The number of nitrogens with zero attached hydrogens (tertiary/aromatic N) is 1. The Morgan fingerprint density at radius 3 is 2.48 bits per heavy atom. The number of carbonyl (C=O) groups excluding carboxylic acids is 1. The van der Waals surface area contributed by atoms with E-state index in [0.717, 1.165) is 18.9 Å². The molecule has 1 N–H and O–H groups in total. The maximum Gasteiger partial charge on any atom is 0.254 e. The van der Waals surface area contributed by atoms with Gasteiger partial charge in [-0.15, -0.1) is 0 Å². The first-order chi connectivity index (χ1) is 12.0. The van der Waals surface area contributed by atoms with E-state index >= 15 is 0 Å². The lowest BCUT2D eigenvalue weighted by Crippen LogP contribution is -2.36. The van der Waals surface area contributed by atoms with Crippen LogP contribution in [0.2, 0.25) is 0 Å². The topological polar surface area (TPSA) is 49.8 Å². The van der Waals surface area contributed by atoms with Crippen molar-refractivity contribution in [2.45, 2.75) is 25.0 Å². The summed E-state index contributed by atoms with van der Waals surface area (Å²) < 4.78 is 31.7. The third-order valence-electron chi connectivity index (χ3n) is 4.27. The van der Waals surface area contributed by atoms with Crippen LogP contribution < -0.4 is 4.74 Å². The molecule has 0 heterocycles. The maximum absolute atomic E-state index is 13.9. The monoisotopic (exact) mass is 347 g/mol. The quantitative estimate of drug-likeness (QED) is 0.872. The number of hydrogen-bond donors (Lipinski definition) is 1. The van der Waals surface area contributed by atoms with E-state index in [1.165, 1.54) is 43.5 Å². The highest BCUT2D eigenvalue weighted by molar-refractivity contribution is 5.94. The van der Waals surface area contributed by atoms with Crippen LogP contribution in [-0.2, 0) is 0 Å². The Labute approximate surface area is 144 Å². The molecule has 0 bridgehead atoms. The Balaban J connectivity index is 1.77. The molecule has 1 atom stereocenters. The van der Waals surface area contributed by atoms with Gasteiger partial charge >= 0.3 is 0 Å². The lowest BCUT2D eigenvalue weighted by atomic mass is 10.1. The molecule has 1 unspecified atom stereocenters. The fraction of sp³-hybridized carbons (Fsp3) is 0.316. The zero-order chi connectivity index (χ0) is 18.0. The fourth-order valence-electron chi connectivity index (χ4n) is 2.73. The molecule has 1 aliphatic rings. The first-order valence-electron chi connectivity index (χ1n) is 8.07. The van der Waals surface area contributed by atoms with Gasteiger partial charge in [-0.05, 0) is 48.7 Å². The van der Waals surface area contributed by atoms with Gasteiger partial charge in [-0.1, -0.05) is 12.1 Å². The van der Waals surface area contributed by atoms with E-state index in [1.54, 1.807) is 4.90 Å². The van der Waals surface area contributed by atoms with Gasteiger partial charge in [0.2, 0.25) is 0 Å². The summed E-state index contributed by atoms with van der Waals surface area (Å²) in [4.78, 5) is 14.3. The van der Waals surface area contributed by atoms with E-state index in [2.05, 4.69) is 0 Å². The summed E-state index contributed by atoms with van der Waals surface area (Å²) in [6.45, 7) is 0.0722. The molecule has 2 aromatic rings. The van der Waals surface area contributed by atoms with Gasteiger partial charge in [-0.25, -0.2) is 8.78 Å². The third-order valence-corrected chi connectivity index (χ3v) is 4.27. The highest BCUT2D eigenvalue weighted by atomic mass is 19.1. The zero-order valence-electron chi connectivity index (χ0n) is 13.8. The number of carbonyl (C=O) groups is 1. The molecule has 0 aromatic heterocycles.